The van der Waals surface area contributed by atoms with Gasteiger partial charge in [-0.1, -0.05) is 6.92 Å². The van der Waals surface area contributed by atoms with Crippen molar-refractivity contribution in [3.8, 4) is 0 Å². The Hall–Kier alpha value is -1.07. The van der Waals surface area contributed by atoms with E-state index in [1.165, 1.54) is 23.9 Å². The minimum Gasteiger partial charge on any atom is -0.396 e. The molecule has 1 rings (SSSR count). The Morgan fingerprint density at radius 1 is 1.53 bits per heavy atom. The molecule has 1 aromatic rings. The predicted molar refractivity (Wildman–Crippen MR) is 60.4 cm³/mol. The predicted octanol–water partition coefficient (Wildman–Crippen LogP) is 2.41. The van der Waals surface area contributed by atoms with Crippen molar-refractivity contribution >= 4 is 17.4 Å². The Morgan fingerprint density at radius 3 is 2.67 bits per heavy atom. The Labute approximate surface area is 92.5 Å². The molecule has 1 aromatic carbocycles. The lowest BCUT2D eigenvalue weighted by Gasteiger charge is -2.09. The molecule has 0 amide bonds. The first-order valence-corrected chi connectivity index (χ1v) is 5.75. The molecular weight excluding hydrogens is 214 g/mol. The molecule has 0 bridgehead atoms. The van der Waals surface area contributed by atoms with Gasteiger partial charge in [0.2, 0.25) is 0 Å². The van der Waals surface area contributed by atoms with E-state index in [2.05, 4.69) is 0 Å². The smallest absolute Gasteiger partial charge is 0.270 e. The van der Waals surface area contributed by atoms with Gasteiger partial charge in [0.25, 0.3) is 5.69 Å². The molecule has 0 fully saturated rings. The van der Waals surface area contributed by atoms with Gasteiger partial charge in [0, 0.05) is 29.6 Å². The summed E-state index contributed by atoms with van der Waals surface area (Å²) in [5.74, 6) is -0.0733. The number of non-ortho nitro benzene ring substituents is 1. The third kappa shape index (κ3) is 2.94. The van der Waals surface area contributed by atoms with Gasteiger partial charge in [-0.3, -0.25) is 10.1 Å². The molecule has 15 heavy (non-hydrogen) atoms. The van der Waals surface area contributed by atoms with Gasteiger partial charge in [0.1, 0.15) is 0 Å². The fraction of sp³-hybridized carbons (Fsp3) is 0.400. The summed E-state index contributed by atoms with van der Waals surface area (Å²) in [7, 11) is 0. The number of nitro benzene ring substituents is 1. The van der Waals surface area contributed by atoms with Gasteiger partial charge in [-0.15, -0.1) is 11.8 Å². The minimum absolute atomic E-state index is 0.00497. The van der Waals surface area contributed by atoms with Crippen molar-refractivity contribution in [2.24, 2.45) is 0 Å². The highest BCUT2D eigenvalue weighted by Gasteiger charge is 2.12. The summed E-state index contributed by atoms with van der Waals surface area (Å²) in [5, 5.41) is 19.7. The highest BCUT2D eigenvalue weighted by atomic mass is 32.2. The molecule has 0 radical (unpaired) electrons. The van der Waals surface area contributed by atoms with Crippen molar-refractivity contribution in [3.05, 3.63) is 33.9 Å². The summed E-state index contributed by atoms with van der Waals surface area (Å²) in [6.45, 7) is 1.83. The standard InChI is InChI=1S/C10H13NO3S/c1-7(6-12)8-3-9(11(13)14)5-10(4-8)15-2/h3-5,7,12H,6H2,1-2H3. The second-order valence-electron chi connectivity index (χ2n) is 3.31. The van der Waals surface area contributed by atoms with Crippen LogP contribution in [0.2, 0.25) is 0 Å². The van der Waals surface area contributed by atoms with E-state index in [4.69, 9.17) is 5.11 Å². The molecule has 0 aliphatic heterocycles. The number of aliphatic hydroxyl groups is 1. The van der Waals surface area contributed by atoms with E-state index in [1.54, 1.807) is 0 Å². The lowest BCUT2D eigenvalue weighted by atomic mass is 10.0. The Morgan fingerprint density at radius 2 is 2.20 bits per heavy atom. The number of nitro groups is 1. The van der Waals surface area contributed by atoms with E-state index in [0.717, 1.165) is 10.5 Å². The molecule has 0 saturated heterocycles. The molecule has 0 aromatic heterocycles. The van der Waals surface area contributed by atoms with Gasteiger partial charge in [-0.05, 0) is 17.9 Å². The molecule has 4 nitrogen and oxygen atoms in total. The summed E-state index contributed by atoms with van der Waals surface area (Å²) >= 11 is 1.46. The van der Waals surface area contributed by atoms with Gasteiger partial charge in [0.05, 0.1) is 4.92 Å². The van der Waals surface area contributed by atoms with Crippen molar-refractivity contribution in [3.63, 3.8) is 0 Å². The summed E-state index contributed by atoms with van der Waals surface area (Å²) in [5.41, 5.74) is 0.883. The molecule has 82 valence electrons. The fourth-order valence-electron chi connectivity index (χ4n) is 1.22. The van der Waals surface area contributed by atoms with Gasteiger partial charge in [-0.25, -0.2) is 0 Å². The molecule has 0 saturated carbocycles. The Balaban J connectivity index is 3.16. The second-order valence-corrected chi connectivity index (χ2v) is 4.18. The highest BCUT2D eigenvalue weighted by Crippen LogP contribution is 2.27. The third-order valence-corrected chi connectivity index (χ3v) is 2.91. The Kier molecular flexibility index (Phi) is 4.11. The topological polar surface area (TPSA) is 63.4 Å². The molecule has 1 atom stereocenters. The summed E-state index contributed by atoms with van der Waals surface area (Å²) in [4.78, 5) is 11.1. The van der Waals surface area contributed by atoms with Crippen LogP contribution in [-0.2, 0) is 0 Å². The van der Waals surface area contributed by atoms with Crippen LogP contribution in [0, 0.1) is 10.1 Å². The number of benzene rings is 1. The van der Waals surface area contributed by atoms with Crippen LogP contribution >= 0.6 is 11.8 Å². The molecular formula is C10H13NO3S. The van der Waals surface area contributed by atoms with Crippen LogP contribution < -0.4 is 0 Å². The number of aliphatic hydroxyl groups excluding tert-OH is 1. The van der Waals surface area contributed by atoms with Crippen LogP contribution in [-0.4, -0.2) is 22.9 Å². The SMILES string of the molecule is CSc1cc(C(C)CO)cc([N+](=O)[O-])c1. The monoisotopic (exact) mass is 227 g/mol. The molecule has 0 spiro atoms. The maximum absolute atomic E-state index is 10.7. The van der Waals surface area contributed by atoms with Gasteiger partial charge in [-0.2, -0.15) is 0 Å². The van der Waals surface area contributed by atoms with Crippen LogP contribution in [0.5, 0.6) is 0 Å². The second kappa shape index (κ2) is 5.14. The quantitative estimate of drug-likeness (QED) is 0.487. The number of hydrogen-bond donors (Lipinski definition) is 1. The average Bonchev–Trinajstić information content (AvgIpc) is 2.27. The molecule has 1 unspecified atom stereocenters. The third-order valence-electron chi connectivity index (χ3n) is 2.20. The first-order chi connectivity index (χ1) is 7.08. The summed E-state index contributed by atoms with van der Waals surface area (Å²) < 4.78 is 0. The first kappa shape index (κ1) is 12.0. The van der Waals surface area contributed by atoms with Crippen LogP contribution in [0.25, 0.3) is 0 Å². The Bertz CT molecular complexity index is 368. The zero-order valence-corrected chi connectivity index (χ0v) is 9.45. The van der Waals surface area contributed by atoms with Crippen LogP contribution in [0.4, 0.5) is 5.69 Å². The highest BCUT2D eigenvalue weighted by molar-refractivity contribution is 7.98. The first-order valence-electron chi connectivity index (χ1n) is 4.52. The van der Waals surface area contributed by atoms with Crippen molar-refractivity contribution < 1.29 is 10.0 Å². The normalized spacial score (nSPS) is 12.5. The summed E-state index contributed by atoms with van der Waals surface area (Å²) in [6.07, 6.45) is 1.87. The minimum atomic E-state index is -0.409. The zero-order valence-electron chi connectivity index (χ0n) is 8.64. The number of nitrogens with zero attached hydrogens (tertiary/aromatic N) is 1. The van der Waals surface area contributed by atoms with E-state index in [0.29, 0.717) is 0 Å². The lowest BCUT2D eigenvalue weighted by Crippen LogP contribution is -2.00. The van der Waals surface area contributed by atoms with E-state index < -0.39 is 4.92 Å². The van der Waals surface area contributed by atoms with E-state index in [9.17, 15) is 10.1 Å². The molecule has 0 heterocycles. The maximum Gasteiger partial charge on any atom is 0.270 e. The van der Waals surface area contributed by atoms with E-state index >= 15 is 0 Å². The van der Waals surface area contributed by atoms with Gasteiger partial charge < -0.3 is 5.11 Å². The largest absolute Gasteiger partial charge is 0.396 e. The van der Waals surface area contributed by atoms with Crippen molar-refractivity contribution in [2.75, 3.05) is 12.9 Å². The lowest BCUT2D eigenvalue weighted by molar-refractivity contribution is -0.385. The van der Waals surface area contributed by atoms with E-state index in [1.807, 2.05) is 19.2 Å². The van der Waals surface area contributed by atoms with Crippen molar-refractivity contribution in [2.45, 2.75) is 17.7 Å². The molecule has 0 aliphatic rings. The number of thioether (sulfide) groups is 1. The van der Waals surface area contributed by atoms with Crippen molar-refractivity contribution in [1.29, 1.82) is 0 Å². The van der Waals surface area contributed by atoms with Crippen LogP contribution in [0.15, 0.2) is 23.1 Å². The molecule has 0 aliphatic carbocycles. The van der Waals surface area contributed by atoms with Crippen molar-refractivity contribution in [1.82, 2.24) is 0 Å². The average molecular weight is 227 g/mol. The fourth-order valence-corrected chi connectivity index (χ4v) is 1.71. The summed E-state index contributed by atoms with van der Waals surface area (Å²) in [6, 6.07) is 4.93. The molecule has 1 N–H and O–H groups in total. The molecule has 5 heteroatoms. The zero-order chi connectivity index (χ0) is 11.4. The van der Waals surface area contributed by atoms with Gasteiger partial charge >= 0.3 is 0 Å². The van der Waals surface area contributed by atoms with Gasteiger partial charge in [0.15, 0.2) is 0 Å². The number of rotatable bonds is 4. The van der Waals surface area contributed by atoms with E-state index in [-0.39, 0.29) is 18.2 Å². The number of hydrogen-bond acceptors (Lipinski definition) is 4. The van der Waals surface area contributed by atoms with Crippen LogP contribution in [0.3, 0.4) is 0 Å². The maximum atomic E-state index is 10.7. The van der Waals surface area contributed by atoms with Crippen LogP contribution in [0.1, 0.15) is 18.4 Å².